The van der Waals surface area contributed by atoms with Gasteiger partial charge in [0.25, 0.3) is 5.91 Å². The molecule has 0 bridgehead atoms. The summed E-state index contributed by atoms with van der Waals surface area (Å²) in [6.45, 7) is 4.77. The molecule has 2 amide bonds. The minimum Gasteiger partial charge on any atom is -0.469 e. The Morgan fingerprint density at radius 3 is 2.50 bits per heavy atom. The Hall–Kier alpha value is -2.63. The fourth-order valence-corrected chi connectivity index (χ4v) is 2.31. The van der Waals surface area contributed by atoms with Crippen LogP contribution in [0.15, 0.2) is 41.0 Å². The molecule has 1 heterocycles. The highest BCUT2D eigenvalue weighted by Gasteiger charge is 2.18. The van der Waals surface area contributed by atoms with Crippen molar-refractivity contribution in [1.29, 1.82) is 0 Å². The van der Waals surface area contributed by atoms with E-state index in [1.807, 2.05) is 6.92 Å². The number of carbonyl (C=O) groups is 2. The van der Waals surface area contributed by atoms with Gasteiger partial charge in [0.2, 0.25) is 5.91 Å². The molecule has 0 saturated carbocycles. The molecule has 0 aliphatic heterocycles. The van der Waals surface area contributed by atoms with Gasteiger partial charge in [-0.1, -0.05) is 12.1 Å². The summed E-state index contributed by atoms with van der Waals surface area (Å²) in [5.74, 6) is -0.0412. The Morgan fingerprint density at radius 2 is 1.92 bits per heavy atom. The first-order valence-electron chi connectivity index (χ1n) is 7.85. The number of benzene rings is 1. The molecule has 0 radical (unpaired) electrons. The SMILES string of the molecule is CCN(CCC(=O)NCc1ccc(F)cc1)C(=O)c1ccoc1C. The number of halogens is 1. The Balaban J connectivity index is 1.82. The highest BCUT2D eigenvalue weighted by molar-refractivity contribution is 5.95. The number of aryl methyl sites for hydroxylation is 1. The lowest BCUT2D eigenvalue weighted by Crippen LogP contribution is -2.35. The second-order valence-corrected chi connectivity index (χ2v) is 5.43. The van der Waals surface area contributed by atoms with Gasteiger partial charge in [0.15, 0.2) is 0 Å². The van der Waals surface area contributed by atoms with Crippen LogP contribution in [0.2, 0.25) is 0 Å². The molecule has 0 fully saturated rings. The van der Waals surface area contributed by atoms with Crippen LogP contribution in [0.3, 0.4) is 0 Å². The van der Waals surface area contributed by atoms with E-state index in [0.29, 0.717) is 31.0 Å². The van der Waals surface area contributed by atoms with E-state index in [0.717, 1.165) is 5.56 Å². The molecule has 0 unspecified atom stereocenters. The van der Waals surface area contributed by atoms with Gasteiger partial charge in [-0.15, -0.1) is 0 Å². The maximum atomic E-state index is 12.8. The Bertz CT molecular complexity index is 695. The fourth-order valence-electron chi connectivity index (χ4n) is 2.31. The second kappa shape index (κ2) is 8.29. The molecule has 1 N–H and O–H groups in total. The minimum atomic E-state index is -0.309. The first kappa shape index (κ1) is 17.7. The van der Waals surface area contributed by atoms with Crippen LogP contribution in [-0.2, 0) is 11.3 Å². The topological polar surface area (TPSA) is 62.6 Å². The largest absolute Gasteiger partial charge is 0.469 e. The normalized spacial score (nSPS) is 10.5. The monoisotopic (exact) mass is 332 g/mol. The van der Waals surface area contributed by atoms with Crippen molar-refractivity contribution in [1.82, 2.24) is 10.2 Å². The predicted octanol–water partition coefficient (Wildman–Crippen LogP) is 2.90. The highest BCUT2D eigenvalue weighted by atomic mass is 19.1. The summed E-state index contributed by atoms with van der Waals surface area (Å²) >= 11 is 0. The number of nitrogens with zero attached hydrogens (tertiary/aromatic N) is 1. The van der Waals surface area contributed by atoms with Gasteiger partial charge in [-0.25, -0.2) is 4.39 Å². The standard InChI is InChI=1S/C18H21FN2O3/c1-3-21(18(23)16-9-11-24-13(16)2)10-8-17(22)20-12-14-4-6-15(19)7-5-14/h4-7,9,11H,3,8,10,12H2,1-2H3,(H,20,22). The van der Waals surface area contributed by atoms with E-state index in [2.05, 4.69) is 5.32 Å². The van der Waals surface area contributed by atoms with Gasteiger partial charge in [0.05, 0.1) is 11.8 Å². The third kappa shape index (κ3) is 4.68. The van der Waals surface area contributed by atoms with Gasteiger partial charge in [-0.05, 0) is 37.6 Å². The lowest BCUT2D eigenvalue weighted by Gasteiger charge is -2.20. The van der Waals surface area contributed by atoms with Crippen molar-refractivity contribution >= 4 is 11.8 Å². The van der Waals surface area contributed by atoms with Crippen molar-refractivity contribution in [3.63, 3.8) is 0 Å². The summed E-state index contributed by atoms with van der Waals surface area (Å²) in [5, 5.41) is 2.77. The van der Waals surface area contributed by atoms with Crippen molar-refractivity contribution < 1.29 is 18.4 Å². The number of nitrogens with one attached hydrogen (secondary N) is 1. The molecule has 128 valence electrons. The van der Waals surface area contributed by atoms with Crippen LogP contribution in [0.4, 0.5) is 4.39 Å². The zero-order chi connectivity index (χ0) is 17.5. The summed E-state index contributed by atoms with van der Waals surface area (Å²) in [5.41, 5.74) is 1.34. The Morgan fingerprint density at radius 1 is 1.21 bits per heavy atom. The van der Waals surface area contributed by atoms with Gasteiger partial charge in [-0.2, -0.15) is 0 Å². The number of hydrogen-bond donors (Lipinski definition) is 1. The van der Waals surface area contributed by atoms with E-state index in [1.165, 1.54) is 18.4 Å². The van der Waals surface area contributed by atoms with E-state index < -0.39 is 0 Å². The van der Waals surface area contributed by atoms with Crippen LogP contribution in [-0.4, -0.2) is 29.8 Å². The van der Waals surface area contributed by atoms with E-state index >= 15 is 0 Å². The first-order valence-corrected chi connectivity index (χ1v) is 7.85. The van der Waals surface area contributed by atoms with Gasteiger partial charge >= 0.3 is 0 Å². The molecule has 0 atom stereocenters. The highest BCUT2D eigenvalue weighted by Crippen LogP contribution is 2.12. The maximum Gasteiger partial charge on any atom is 0.257 e. The van der Waals surface area contributed by atoms with Crippen molar-refractivity contribution in [3.05, 3.63) is 59.3 Å². The first-order chi connectivity index (χ1) is 11.5. The zero-order valence-electron chi connectivity index (χ0n) is 13.8. The van der Waals surface area contributed by atoms with Crippen LogP contribution in [0.25, 0.3) is 0 Å². The lowest BCUT2D eigenvalue weighted by molar-refractivity contribution is -0.121. The summed E-state index contributed by atoms with van der Waals surface area (Å²) in [4.78, 5) is 25.9. The molecule has 5 nitrogen and oxygen atoms in total. The molecule has 24 heavy (non-hydrogen) atoms. The van der Waals surface area contributed by atoms with Gasteiger partial charge in [0.1, 0.15) is 11.6 Å². The van der Waals surface area contributed by atoms with Crippen LogP contribution in [0.5, 0.6) is 0 Å². The van der Waals surface area contributed by atoms with E-state index in [1.54, 1.807) is 30.0 Å². The number of carbonyl (C=O) groups excluding carboxylic acids is 2. The third-order valence-electron chi connectivity index (χ3n) is 3.77. The Kier molecular flexibility index (Phi) is 6.12. The number of rotatable bonds is 7. The smallest absolute Gasteiger partial charge is 0.257 e. The van der Waals surface area contributed by atoms with Gasteiger partial charge in [0, 0.05) is 26.1 Å². The average molecular weight is 332 g/mol. The molecular weight excluding hydrogens is 311 g/mol. The molecule has 0 saturated heterocycles. The molecule has 1 aromatic carbocycles. The van der Waals surface area contributed by atoms with Crippen LogP contribution in [0, 0.1) is 12.7 Å². The molecule has 1 aromatic heterocycles. The molecule has 0 aliphatic rings. The van der Waals surface area contributed by atoms with Crippen LogP contribution in [0.1, 0.15) is 35.0 Å². The number of amides is 2. The van der Waals surface area contributed by atoms with E-state index in [-0.39, 0.29) is 24.1 Å². The van der Waals surface area contributed by atoms with Gasteiger partial charge in [-0.3, -0.25) is 9.59 Å². The molecule has 2 rings (SSSR count). The lowest BCUT2D eigenvalue weighted by atomic mass is 10.2. The van der Waals surface area contributed by atoms with E-state index in [9.17, 15) is 14.0 Å². The van der Waals surface area contributed by atoms with Crippen LogP contribution < -0.4 is 5.32 Å². The molecule has 0 spiro atoms. The summed E-state index contributed by atoms with van der Waals surface area (Å²) in [7, 11) is 0. The fraction of sp³-hybridized carbons (Fsp3) is 0.333. The Labute approximate surface area is 140 Å². The molecule has 6 heteroatoms. The number of hydrogen-bond acceptors (Lipinski definition) is 3. The van der Waals surface area contributed by atoms with Crippen molar-refractivity contribution in [2.75, 3.05) is 13.1 Å². The summed E-state index contributed by atoms with van der Waals surface area (Å²) in [6.07, 6.45) is 1.68. The summed E-state index contributed by atoms with van der Waals surface area (Å²) < 4.78 is 18.0. The van der Waals surface area contributed by atoms with E-state index in [4.69, 9.17) is 4.42 Å². The van der Waals surface area contributed by atoms with Crippen molar-refractivity contribution in [2.45, 2.75) is 26.8 Å². The minimum absolute atomic E-state index is 0.143. The second-order valence-electron chi connectivity index (χ2n) is 5.43. The number of furan rings is 1. The van der Waals surface area contributed by atoms with Crippen molar-refractivity contribution in [3.8, 4) is 0 Å². The predicted molar refractivity (Wildman–Crippen MR) is 87.9 cm³/mol. The maximum absolute atomic E-state index is 12.8. The van der Waals surface area contributed by atoms with Gasteiger partial charge < -0.3 is 14.6 Å². The molecular formula is C18H21FN2O3. The third-order valence-corrected chi connectivity index (χ3v) is 3.77. The zero-order valence-corrected chi connectivity index (χ0v) is 13.8. The summed E-state index contributed by atoms with van der Waals surface area (Å²) in [6, 6.07) is 7.59. The van der Waals surface area contributed by atoms with Crippen LogP contribution >= 0.6 is 0 Å². The molecule has 2 aromatic rings. The van der Waals surface area contributed by atoms with Crippen molar-refractivity contribution in [2.24, 2.45) is 0 Å². The molecule has 0 aliphatic carbocycles. The quantitative estimate of drug-likeness (QED) is 0.848. The average Bonchev–Trinajstić information content (AvgIpc) is 3.00.